The molecule has 34 heavy (non-hydrogen) atoms. The van der Waals surface area contributed by atoms with E-state index in [1.807, 2.05) is 13.0 Å². The maximum Gasteiger partial charge on any atom is 0.265 e. The Morgan fingerprint density at radius 3 is 2.71 bits per heavy atom. The van der Waals surface area contributed by atoms with Gasteiger partial charge in [0.25, 0.3) is 5.91 Å². The molecule has 0 aromatic heterocycles. The van der Waals surface area contributed by atoms with Crippen molar-refractivity contribution >= 4 is 34.9 Å². The fourth-order valence-corrected chi connectivity index (χ4v) is 4.10. The number of Topliss-reactive ketones (excluding diaryl/α,β-unsaturated/α-hetero) is 1. The van der Waals surface area contributed by atoms with Crippen molar-refractivity contribution in [2.24, 2.45) is 0 Å². The number of ether oxygens (including phenoxy) is 3. The molecule has 180 valence electrons. The Balaban J connectivity index is 1.40. The van der Waals surface area contributed by atoms with E-state index in [2.05, 4.69) is 0 Å². The summed E-state index contributed by atoms with van der Waals surface area (Å²) < 4.78 is 16.5. The zero-order valence-electron chi connectivity index (χ0n) is 19.0. The maximum atomic E-state index is 12.8. The minimum absolute atomic E-state index is 0.0557. The van der Waals surface area contributed by atoms with Gasteiger partial charge in [0.2, 0.25) is 5.91 Å². The predicted molar refractivity (Wildman–Crippen MR) is 127 cm³/mol. The minimum atomic E-state index is -0.249. The van der Waals surface area contributed by atoms with Crippen LogP contribution in [0, 0.1) is 6.92 Å². The van der Waals surface area contributed by atoms with Gasteiger partial charge in [0, 0.05) is 31.6 Å². The molecule has 0 unspecified atom stereocenters. The van der Waals surface area contributed by atoms with Crippen LogP contribution in [-0.4, -0.2) is 68.6 Å². The van der Waals surface area contributed by atoms with E-state index in [0.717, 1.165) is 5.56 Å². The van der Waals surface area contributed by atoms with Crippen LogP contribution in [0.1, 0.15) is 28.8 Å². The van der Waals surface area contributed by atoms with Gasteiger partial charge in [0.1, 0.15) is 11.5 Å². The molecule has 0 bridgehead atoms. The molecule has 2 heterocycles. The third kappa shape index (κ3) is 5.69. The first-order valence-corrected chi connectivity index (χ1v) is 11.6. The number of nitrogens with zero attached hydrogens (tertiary/aromatic N) is 2. The van der Waals surface area contributed by atoms with Gasteiger partial charge in [-0.1, -0.05) is 17.7 Å². The van der Waals surface area contributed by atoms with Crippen molar-refractivity contribution < 1.29 is 28.6 Å². The molecule has 2 aromatic rings. The summed E-state index contributed by atoms with van der Waals surface area (Å²) in [6.07, 6.45) is 0.845. The van der Waals surface area contributed by atoms with Gasteiger partial charge in [-0.05, 0) is 49.2 Å². The fraction of sp³-hybridized carbons (Fsp3) is 0.400. The number of morpholine rings is 1. The minimum Gasteiger partial charge on any atom is -0.484 e. The van der Waals surface area contributed by atoms with Gasteiger partial charge in [-0.15, -0.1) is 0 Å². The first kappa shape index (κ1) is 24.0. The van der Waals surface area contributed by atoms with E-state index in [1.54, 1.807) is 40.1 Å². The van der Waals surface area contributed by atoms with Crippen molar-refractivity contribution in [1.29, 1.82) is 0 Å². The number of benzene rings is 2. The molecule has 4 rings (SSSR count). The summed E-state index contributed by atoms with van der Waals surface area (Å²) in [5.74, 6) is 0.566. The average molecular weight is 487 g/mol. The molecular weight excluding hydrogens is 460 g/mol. The number of hydrogen-bond acceptors (Lipinski definition) is 6. The first-order chi connectivity index (χ1) is 16.4. The highest BCUT2D eigenvalue weighted by molar-refractivity contribution is 6.32. The Labute approximate surface area is 203 Å². The smallest absolute Gasteiger partial charge is 0.265 e. The van der Waals surface area contributed by atoms with E-state index in [1.165, 1.54) is 0 Å². The van der Waals surface area contributed by atoms with E-state index < -0.39 is 0 Å². The number of carbonyl (C=O) groups excluding carboxylic acids is 3. The molecule has 0 radical (unpaired) electrons. The van der Waals surface area contributed by atoms with Crippen molar-refractivity contribution in [3.63, 3.8) is 0 Å². The average Bonchev–Trinajstić information content (AvgIpc) is 2.85. The van der Waals surface area contributed by atoms with Crippen LogP contribution in [0.3, 0.4) is 0 Å². The Bertz CT molecular complexity index is 1080. The Morgan fingerprint density at radius 2 is 1.91 bits per heavy atom. The van der Waals surface area contributed by atoms with Gasteiger partial charge in [0.15, 0.2) is 19.0 Å². The molecule has 0 N–H and O–H groups in total. The second-order valence-corrected chi connectivity index (χ2v) is 8.67. The van der Waals surface area contributed by atoms with Crippen molar-refractivity contribution in [3.8, 4) is 11.5 Å². The SMILES string of the molecule is Cc1ccc(Cl)c(OCC(=O)c2ccc3c(c2)N(CCCC(=O)N2CCOCC2)C(=O)CO3)c1. The van der Waals surface area contributed by atoms with Gasteiger partial charge < -0.3 is 24.0 Å². The molecule has 8 nitrogen and oxygen atoms in total. The molecule has 2 aliphatic rings. The van der Waals surface area contributed by atoms with E-state index in [4.69, 9.17) is 25.8 Å². The highest BCUT2D eigenvalue weighted by atomic mass is 35.5. The molecule has 0 atom stereocenters. The van der Waals surface area contributed by atoms with Crippen LogP contribution in [0.25, 0.3) is 0 Å². The van der Waals surface area contributed by atoms with Gasteiger partial charge in [-0.3, -0.25) is 14.4 Å². The Kier molecular flexibility index (Phi) is 7.70. The number of rotatable bonds is 8. The summed E-state index contributed by atoms with van der Waals surface area (Å²) in [5.41, 5.74) is 1.89. The van der Waals surface area contributed by atoms with Gasteiger partial charge in [-0.2, -0.15) is 0 Å². The number of carbonyl (C=O) groups is 3. The quantitative estimate of drug-likeness (QED) is 0.532. The van der Waals surface area contributed by atoms with Crippen LogP contribution < -0.4 is 14.4 Å². The molecule has 1 saturated heterocycles. The lowest BCUT2D eigenvalue weighted by Crippen LogP contribution is -2.42. The number of halogens is 1. The standard InChI is InChI=1S/C25H27ClN2O6/c1-17-4-6-19(26)23(13-17)33-15-21(29)18-5-7-22-20(14-18)28(25(31)16-34-22)8-2-3-24(30)27-9-11-32-12-10-27/h4-7,13-14H,2-3,8-12,15-16H2,1H3. The van der Waals surface area contributed by atoms with E-state index in [9.17, 15) is 14.4 Å². The second-order valence-electron chi connectivity index (χ2n) is 8.26. The zero-order valence-corrected chi connectivity index (χ0v) is 19.8. The van der Waals surface area contributed by atoms with Crippen LogP contribution in [-0.2, 0) is 14.3 Å². The van der Waals surface area contributed by atoms with Crippen LogP contribution in [0.2, 0.25) is 5.02 Å². The summed E-state index contributed by atoms with van der Waals surface area (Å²) in [4.78, 5) is 41.1. The van der Waals surface area contributed by atoms with Crippen LogP contribution in [0.4, 0.5) is 5.69 Å². The topological polar surface area (TPSA) is 85.4 Å². The summed E-state index contributed by atoms with van der Waals surface area (Å²) in [6.45, 7) is 4.30. The normalized spacial score (nSPS) is 15.5. The van der Waals surface area contributed by atoms with Crippen molar-refractivity contribution in [2.75, 3.05) is 51.0 Å². The maximum absolute atomic E-state index is 12.8. The van der Waals surface area contributed by atoms with E-state index in [-0.39, 0.29) is 30.8 Å². The highest BCUT2D eigenvalue weighted by Gasteiger charge is 2.27. The monoisotopic (exact) mass is 486 g/mol. The summed E-state index contributed by atoms with van der Waals surface area (Å²) in [7, 11) is 0. The van der Waals surface area contributed by atoms with Crippen LogP contribution >= 0.6 is 11.6 Å². The lowest BCUT2D eigenvalue weighted by molar-refractivity contribution is -0.135. The van der Waals surface area contributed by atoms with Crippen LogP contribution in [0.5, 0.6) is 11.5 Å². The van der Waals surface area contributed by atoms with E-state index >= 15 is 0 Å². The number of fused-ring (bicyclic) bond motifs is 1. The fourth-order valence-electron chi connectivity index (χ4n) is 3.93. The molecule has 0 saturated carbocycles. The molecule has 0 aliphatic carbocycles. The number of amides is 2. The van der Waals surface area contributed by atoms with Gasteiger partial charge in [0.05, 0.1) is 23.9 Å². The number of anilines is 1. The third-order valence-corrected chi connectivity index (χ3v) is 6.12. The zero-order chi connectivity index (χ0) is 24.1. The summed E-state index contributed by atoms with van der Waals surface area (Å²) >= 11 is 6.15. The molecule has 2 amide bonds. The number of hydrogen-bond donors (Lipinski definition) is 0. The van der Waals surface area contributed by atoms with Gasteiger partial charge in [-0.25, -0.2) is 0 Å². The summed E-state index contributed by atoms with van der Waals surface area (Å²) in [5, 5.41) is 0.431. The third-order valence-electron chi connectivity index (χ3n) is 5.81. The molecule has 1 fully saturated rings. The van der Waals surface area contributed by atoms with Crippen molar-refractivity contribution in [2.45, 2.75) is 19.8 Å². The first-order valence-electron chi connectivity index (χ1n) is 11.3. The largest absolute Gasteiger partial charge is 0.484 e. The molecule has 0 spiro atoms. The predicted octanol–water partition coefficient (Wildman–Crippen LogP) is 3.27. The second kappa shape index (κ2) is 10.9. The van der Waals surface area contributed by atoms with Crippen molar-refractivity contribution in [1.82, 2.24) is 4.90 Å². The lowest BCUT2D eigenvalue weighted by atomic mass is 10.1. The molecule has 2 aliphatic heterocycles. The number of ketones is 1. The van der Waals surface area contributed by atoms with Crippen LogP contribution in [0.15, 0.2) is 36.4 Å². The molecular formula is C25H27ClN2O6. The lowest BCUT2D eigenvalue weighted by Gasteiger charge is -2.30. The van der Waals surface area contributed by atoms with E-state index in [0.29, 0.717) is 73.5 Å². The van der Waals surface area contributed by atoms with Crippen molar-refractivity contribution in [3.05, 3.63) is 52.5 Å². The Hall–Kier alpha value is -3.10. The van der Waals surface area contributed by atoms with Gasteiger partial charge >= 0.3 is 0 Å². The Morgan fingerprint density at radius 1 is 1.12 bits per heavy atom. The molecule has 2 aromatic carbocycles. The number of aryl methyl sites for hydroxylation is 1. The summed E-state index contributed by atoms with van der Waals surface area (Å²) in [6, 6.07) is 10.3. The highest BCUT2D eigenvalue weighted by Crippen LogP contribution is 2.33. The molecule has 9 heteroatoms.